The molecule has 0 aliphatic carbocycles. The van der Waals surface area contributed by atoms with Crippen molar-refractivity contribution in [3.8, 4) is 22.5 Å². The fourth-order valence-electron chi connectivity index (χ4n) is 7.75. The molecule has 50 heavy (non-hydrogen) atoms. The van der Waals surface area contributed by atoms with E-state index in [2.05, 4.69) is 138 Å². The second-order valence-electron chi connectivity index (χ2n) is 16.8. The van der Waals surface area contributed by atoms with Crippen molar-refractivity contribution in [3.05, 3.63) is 144 Å². The van der Waals surface area contributed by atoms with Crippen LogP contribution in [-0.4, -0.2) is 9.13 Å². The Kier molecular flexibility index (Phi) is 6.00. The van der Waals surface area contributed by atoms with Crippen LogP contribution in [-0.2, 0) is 16.2 Å². The predicted molar refractivity (Wildman–Crippen MR) is 217 cm³/mol. The number of hydrogen-bond donors (Lipinski definition) is 0. The monoisotopic (exact) mass is 657 g/mol. The summed E-state index contributed by atoms with van der Waals surface area (Å²) in [5.74, 6) is 0. The SMILES string of the molecule is [2H]c1c([2H])c([2H])c(-c2cccc3c2c2c(C(C)(C)C)c(-n4c5ccc(C(C)(C)C)cc5c5ccc(C(C)(C)C)cc54)ccc2n3-c2ccccc2)c([2H])c1[2H]. The second kappa shape index (κ2) is 11.2. The minimum atomic E-state index is -0.397. The molecule has 0 atom stereocenters. The van der Waals surface area contributed by atoms with Crippen LogP contribution in [0.4, 0.5) is 0 Å². The van der Waals surface area contributed by atoms with Gasteiger partial charge in [0.05, 0.1) is 34.6 Å². The number of aromatic nitrogens is 2. The van der Waals surface area contributed by atoms with E-state index in [1.54, 1.807) is 0 Å². The van der Waals surface area contributed by atoms with Gasteiger partial charge in [0.25, 0.3) is 0 Å². The minimum Gasteiger partial charge on any atom is -0.309 e. The van der Waals surface area contributed by atoms with Crippen LogP contribution in [0, 0.1) is 0 Å². The molecular weight excluding hydrogens is 605 g/mol. The van der Waals surface area contributed by atoms with E-state index < -0.39 is 11.5 Å². The molecule has 6 aromatic carbocycles. The van der Waals surface area contributed by atoms with E-state index in [0.717, 1.165) is 49.8 Å². The first-order valence-electron chi connectivity index (χ1n) is 20.1. The number of nitrogens with zero attached hydrogens (tertiary/aromatic N) is 2. The second-order valence-corrected chi connectivity index (χ2v) is 16.8. The third kappa shape index (κ3) is 5.07. The summed E-state index contributed by atoms with van der Waals surface area (Å²) in [5.41, 5.74) is 10.2. The van der Waals surface area contributed by atoms with E-state index in [1.807, 2.05) is 30.3 Å². The Morgan fingerprint density at radius 3 is 1.80 bits per heavy atom. The molecule has 2 heterocycles. The molecule has 0 bridgehead atoms. The fraction of sp³-hybridized carbons (Fsp3) is 0.250. The Labute approximate surface area is 304 Å². The smallest absolute Gasteiger partial charge is 0.0629 e. The van der Waals surface area contributed by atoms with Crippen molar-refractivity contribution in [2.75, 3.05) is 0 Å². The molecule has 0 N–H and O–H groups in total. The summed E-state index contributed by atoms with van der Waals surface area (Å²) in [5, 5.41) is 4.26. The lowest BCUT2D eigenvalue weighted by Gasteiger charge is -2.27. The molecule has 0 amide bonds. The first kappa shape index (κ1) is 26.7. The summed E-state index contributed by atoms with van der Waals surface area (Å²) in [4.78, 5) is 0. The van der Waals surface area contributed by atoms with Crippen LogP contribution in [0.1, 0.15) is 85.9 Å². The Bertz CT molecular complexity index is 2830. The molecule has 8 rings (SSSR count). The van der Waals surface area contributed by atoms with Gasteiger partial charge in [-0.1, -0.05) is 141 Å². The van der Waals surface area contributed by atoms with Crippen LogP contribution in [0.3, 0.4) is 0 Å². The van der Waals surface area contributed by atoms with Gasteiger partial charge in [-0.3, -0.25) is 0 Å². The van der Waals surface area contributed by atoms with E-state index in [-0.39, 0.29) is 40.6 Å². The first-order chi connectivity index (χ1) is 25.8. The highest BCUT2D eigenvalue weighted by molar-refractivity contribution is 6.19. The molecule has 0 aliphatic rings. The highest BCUT2D eigenvalue weighted by atomic mass is 15.0. The van der Waals surface area contributed by atoms with E-state index in [1.165, 1.54) is 21.9 Å². The quantitative estimate of drug-likeness (QED) is 0.179. The summed E-state index contributed by atoms with van der Waals surface area (Å²) in [7, 11) is 0. The molecule has 0 radical (unpaired) electrons. The van der Waals surface area contributed by atoms with Crippen LogP contribution in [0.25, 0.3) is 66.1 Å². The maximum Gasteiger partial charge on any atom is 0.0629 e. The van der Waals surface area contributed by atoms with E-state index in [9.17, 15) is 0 Å². The Morgan fingerprint density at radius 2 is 1.12 bits per heavy atom. The van der Waals surface area contributed by atoms with Gasteiger partial charge in [-0.15, -0.1) is 0 Å². The lowest BCUT2D eigenvalue weighted by Crippen LogP contribution is -2.16. The Balaban J connectivity index is 1.62. The summed E-state index contributed by atoms with van der Waals surface area (Å²) in [6.07, 6.45) is 0. The zero-order valence-corrected chi connectivity index (χ0v) is 30.6. The van der Waals surface area contributed by atoms with Crippen LogP contribution in [0.5, 0.6) is 0 Å². The van der Waals surface area contributed by atoms with E-state index >= 15 is 0 Å². The highest BCUT2D eigenvalue weighted by Crippen LogP contribution is 2.47. The van der Waals surface area contributed by atoms with Gasteiger partial charge in [-0.2, -0.15) is 0 Å². The maximum absolute atomic E-state index is 9.09. The average Bonchev–Trinajstić information content (AvgIpc) is 3.64. The molecule has 2 aromatic heterocycles. The summed E-state index contributed by atoms with van der Waals surface area (Å²) in [6, 6.07) is 32.9. The van der Waals surface area contributed by atoms with E-state index in [0.29, 0.717) is 5.56 Å². The lowest BCUT2D eigenvalue weighted by atomic mass is 9.81. The van der Waals surface area contributed by atoms with Crippen molar-refractivity contribution in [2.45, 2.75) is 78.6 Å². The predicted octanol–water partition coefficient (Wildman–Crippen LogP) is 13.4. The molecule has 0 saturated carbocycles. The van der Waals surface area contributed by atoms with Crippen molar-refractivity contribution < 1.29 is 6.85 Å². The largest absolute Gasteiger partial charge is 0.309 e. The van der Waals surface area contributed by atoms with Gasteiger partial charge < -0.3 is 9.13 Å². The maximum atomic E-state index is 9.09. The van der Waals surface area contributed by atoms with Crippen molar-refractivity contribution in [2.24, 2.45) is 0 Å². The van der Waals surface area contributed by atoms with Gasteiger partial charge >= 0.3 is 0 Å². The molecule has 2 heteroatoms. The van der Waals surface area contributed by atoms with Crippen LogP contribution in [0.15, 0.2) is 127 Å². The van der Waals surface area contributed by atoms with Crippen LogP contribution in [0.2, 0.25) is 0 Å². The highest BCUT2D eigenvalue weighted by Gasteiger charge is 2.30. The topological polar surface area (TPSA) is 9.86 Å². The van der Waals surface area contributed by atoms with Gasteiger partial charge in [0.2, 0.25) is 0 Å². The fourth-order valence-corrected chi connectivity index (χ4v) is 7.75. The third-order valence-corrected chi connectivity index (χ3v) is 10.2. The Morgan fingerprint density at radius 1 is 0.480 bits per heavy atom. The molecule has 0 fully saturated rings. The van der Waals surface area contributed by atoms with E-state index in [4.69, 9.17) is 6.85 Å². The molecular formula is C48H48N2. The summed E-state index contributed by atoms with van der Waals surface area (Å²) in [6.45, 7) is 20.3. The lowest BCUT2D eigenvalue weighted by molar-refractivity contribution is 0.590. The number of hydrogen-bond acceptors (Lipinski definition) is 0. The molecule has 0 aliphatic heterocycles. The first-order valence-corrected chi connectivity index (χ1v) is 17.6. The van der Waals surface area contributed by atoms with Crippen molar-refractivity contribution >= 4 is 43.6 Å². The molecule has 250 valence electrons. The van der Waals surface area contributed by atoms with Crippen molar-refractivity contribution in [3.63, 3.8) is 0 Å². The van der Waals surface area contributed by atoms with Crippen LogP contribution < -0.4 is 0 Å². The molecule has 8 aromatic rings. The van der Waals surface area contributed by atoms with Gasteiger partial charge in [-0.25, -0.2) is 0 Å². The van der Waals surface area contributed by atoms with Gasteiger partial charge in [0.15, 0.2) is 0 Å². The van der Waals surface area contributed by atoms with Crippen molar-refractivity contribution in [1.82, 2.24) is 9.13 Å². The number of fused-ring (bicyclic) bond motifs is 6. The standard InChI is InChI=1S/C48H48N2/c1-46(2,3)32-24-26-38-37(29-32)36-25-23-33(47(4,5)6)30-42(36)50(38)41-28-27-40-44(45(41)48(7,8)9)43-35(31-17-12-10-13-18-31)21-16-22-39(43)49(40)34-19-14-11-15-20-34/h10-30H,1-9H3/i10D,12D,13D,17D,18D. The molecule has 2 nitrogen and oxygen atoms in total. The molecule has 0 spiro atoms. The zero-order valence-electron chi connectivity index (χ0n) is 35.6. The van der Waals surface area contributed by atoms with Gasteiger partial charge in [0, 0.05) is 27.2 Å². The van der Waals surface area contributed by atoms with Gasteiger partial charge in [0.1, 0.15) is 0 Å². The number of para-hydroxylation sites is 1. The number of rotatable bonds is 3. The summed E-state index contributed by atoms with van der Waals surface area (Å²) < 4.78 is 48.5. The number of benzene rings is 6. The Hall–Kier alpha value is -5.08. The van der Waals surface area contributed by atoms with Crippen LogP contribution >= 0.6 is 0 Å². The molecule has 0 unspecified atom stereocenters. The normalized spacial score (nSPS) is 14.3. The third-order valence-electron chi connectivity index (χ3n) is 10.2. The zero-order chi connectivity index (χ0) is 39.5. The average molecular weight is 658 g/mol. The summed E-state index contributed by atoms with van der Waals surface area (Å²) >= 11 is 0. The van der Waals surface area contributed by atoms with Gasteiger partial charge in [-0.05, 0) is 92.6 Å². The minimum absolute atomic E-state index is 0.0253. The van der Waals surface area contributed by atoms with Crippen molar-refractivity contribution in [1.29, 1.82) is 0 Å². The molecule has 0 saturated heterocycles.